The summed E-state index contributed by atoms with van der Waals surface area (Å²) in [6.07, 6.45) is 3.93. The second-order valence-corrected chi connectivity index (χ2v) is 3.62. The Morgan fingerprint density at radius 3 is 3.12 bits per heavy atom. The first-order valence-electron chi connectivity index (χ1n) is 5.15. The van der Waals surface area contributed by atoms with Crippen LogP contribution in [0.15, 0.2) is 17.2 Å². The molecule has 0 radical (unpaired) electrons. The topological polar surface area (TPSA) is 82.2 Å². The largest absolute Gasteiger partial charge is 0.383 e. The Balaban J connectivity index is 2.43. The van der Waals surface area contributed by atoms with E-state index in [4.69, 9.17) is 10.5 Å². The van der Waals surface area contributed by atoms with Crippen LogP contribution in [0.25, 0.3) is 0 Å². The highest BCUT2D eigenvalue weighted by molar-refractivity contribution is 5.30. The lowest BCUT2D eigenvalue weighted by Gasteiger charge is -2.11. The molecular weight excluding hydrogens is 208 g/mol. The Morgan fingerprint density at radius 1 is 1.69 bits per heavy atom. The molecule has 0 saturated heterocycles. The van der Waals surface area contributed by atoms with Crippen molar-refractivity contribution in [1.82, 2.24) is 9.55 Å². The maximum absolute atomic E-state index is 11.6. The number of nitrogens with two attached hydrogens (primary N) is 1. The molecule has 6 heteroatoms. The van der Waals surface area contributed by atoms with Crippen LogP contribution in [0.2, 0.25) is 0 Å². The summed E-state index contributed by atoms with van der Waals surface area (Å²) in [5.41, 5.74) is 5.61. The molecule has 1 atom stereocenters. The normalized spacial score (nSPS) is 12.4. The molecule has 3 N–H and O–H groups in total. The number of aromatic nitrogens is 2. The van der Waals surface area contributed by atoms with Gasteiger partial charge in [0.2, 0.25) is 0 Å². The number of ether oxygens (including phenoxy) is 1. The van der Waals surface area contributed by atoms with E-state index in [0.29, 0.717) is 19.0 Å². The third-order valence-corrected chi connectivity index (χ3v) is 2.21. The fourth-order valence-electron chi connectivity index (χ4n) is 1.29. The predicted molar refractivity (Wildman–Crippen MR) is 62.4 cm³/mol. The van der Waals surface area contributed by atoms with Crippen LogP contribution in [0.4, 0.5) is 5.82 Å². The van der Waals surface area contributed by atoms with E-state index in [1.165, 1.54) is 4.57 Å². The number of nitrogens with one attached hydrogen (secondary N) is 1. The number of anilines is 1. The highest BCUT2D eigenvalue weighted by Gasteiger charge is 2.04. The van der Waals surface area contributed by atoms with Crippen LogP contribution in [0, 0.1) is 0 Å². The third-order valence-electron chi connectivity index (χ3n) is 2.21. The van der Waals surface area contributed by atoms with Crippen LogP contribution in [-0.2, 0) is 11.8 Å². The molecule has 0 amide bonds. The number of hydrogen-bond donors (Lipinski definition) is 2. The molecule has 0 aromatic carbocycles. The van der Waals surface area contributed by atoms with E-state index in [0.717, 1.165) is 6.42 Å². The van der Waals surface area contributed by atoms with Crippen molar-refractivity contribution in [1.29, 1.82) is 0 Å². The minimum absolute atomic E-state index is 0.0231. The summed E-state index contributed by atoms with van der Waals surface area (Å²) in [4.78, 5) is 15.5. The Hall–Kier alpha value is -1.40. The highest BCUT2D eigenvalue weighted by atomic mass is 16.5. The molecular formula is C10H18N4O2. The maximum atomic E-state index is 11.6. The summed E-state index contributed by atoms with van der Waals surface area (Å²) in [6.45, 7) is 1.12. The zero-order valence-electron chi connectivity index (χ0n) is 9.64. The monoisotopic (exact) mass is 226 g/mol. The molecule has 0 spiro atoms. The SMILES string of the molecule is COCC(N)CCNc1nccn(C)c1=O. The highest BCUT2D eigenvalue weighted by Crippen LogP contribution is 1.94. The third kappa shape index (κ3) is 3.63. The Bertz CT molecular complexity index is 377. The van der Waals surface area contributed by atoms with Gasteiger partial charge in [0, 0.05) is 39.1 Å². The zero-order valence-corrected chi connectivity index (χ0v) is 9.64. The van der Waals surface area contributed by atoms with Crippen molar-refractivity contribution in [2.24, 2.45) is 12.8 Å². The van der Waals surface area contributed by atoms with Gasteiger partial charge in [-0.05, 0) is 6.42 Å². The van der Waals surface area contributed by atoms with Gasteiger partial charge in [-0.3, -0.25) is 4.79 Å². The number of rotatable bonds is 6. The predicted octanol–water partition coefficient (Wildman–Crippen LogP) is -0.444. The van der Waals surface area contributed by atoms with Gasteiger partial charge in [-0.2, -0.15) is 0 Å². The summed E-state index contributed by atoms with van der Waals surface area (Å²) in [5, 5.41) is 2.96. The van der Waals surface area contributed by atoms with Gasteiger partial charge < -0.3 is 20.4 Å². The van der Waals surface area contributed by atoms with Crippen LogP contribution < -0.4 is 16.6 Å². The molecule has 0 aliphatic rings. The number of methoxy groups -OCH3 is 1. The van der Waals surface area contributed by atoms with Gasteiger partial charge in [-0.15, -0.1) is 0 Å². The summed E-state index contributed by atoms with van der Waals surface area (Å²) in [7, 11) is 3.30. The van der Waals surface area contributed by atoms with Crippen molar-refractivity contribution in [2.75, 3.05) is 25.6 Å². The van der Waals surface area contributed by atoms with Gasteiger partial charge in [0.1, 0.15) is 0 Å². The van der Waals surface area contributed by atoms with Crippen LogP contribution in [0.1, 0.15) is 6.42 Å². The molecule has 16 heavy (non-hydrogen) atoms. The lowest BCUT2D eigenvalue weighted by Crippen LogP contribution is -2.29. The molecule has 90 valence electrons. The van der Waals surface area contributed by atoms with Crippen LogP contribution in [-0.4, -0.2) is 35.9 Å². The van der Waals surface area contributed by atoms with E-state index >= 15 is 0 Å². The average molecular weight is 226 g/mol. The van der Waals surface area contributed by atoms with Crippen molar-refractivity contribution < 1.29 is 4.74 Å². The zero-order chi connectivity index (χ0) is 12.0. The lowest BCUT2D eigenvalue weighted by atomic mass is 10.2. The number of nitrogens with zero attached hydrogens (tertiary/aromatic N) is 2. The molecule has 6 nitrogen and oxygen atoms in total. The first kappa shape index (κ1) is 12.7. The van der Waals surface area contributed by atoms with Crippen LogP contribution >= 0.6 is 0 Å². The van der Waals surface area contributed by atoms with Crippen molar-refractivity contribution in [3.8, 4) is 0 Å². The quantitative estimate of drug-likeness (QED) is 0.687. The molecule has 0 fully saturated rings. The van der Waals surface area contributed by atoms with Crippen molar-refractivity contribution in [2.45, 2.75) is 12.5 Å². The molecule has 1 rings (SSSR count). The van der Waals surface area contributed by atoms with Gasteiger partial charge in [-0.25, -0.2) is 4.98 Å². The standard InChI is InChI=1S/C10H18N4O2/c1-14-6-5-13-9(10(14)15)12-4-3-8(11)7-16-2/h5-6,8H,3-4,7,11H2,1-2H3,(H,12,13). The van der Waals surface area contributed by atoms with E-state index in [1.807, 2.05) is 0 Å². The smallest absolute Gasteiger partial charge is 0.293 e. The number of aryl methyl sites for hydroxylation is 1. The Labute approximate surface area is 94.4 Å². The molecule has 1 unspecified atom stereocenters. The van der Waals surface area contributed by atoms with Crippen molar-refractivity contribution >= 4 is 5.82 Å². The first-order chi connectivity index (χ1) is 7.65. The fourth-order valence-corrected chi connectivity index (χ4v) is 1.29. The van der Waals surface area contributed by atoms with Crippen molar-refractivity contribution in [3.05, 3.63) is 22.7 Å². The van der Waals surface area contributed by atoms with Crippen LogP contribution in [0.5, 0.6) is 0 Å². The minimum Gasteiger partial charge on any atom is -0.383 e. The van der Waals surface area contributed by atoms with E-state index in [9.17, 15) is 4.79 Å². The summed E-state index contributed by atoms with van der Waals surface area (Å²) in [6, 6.07) is -0.0231. The first-order valence-corrected chi connectivity index (χ1v) is 5.15. The van der Waals surface area contributed by atoms with E-state index in [-0.39, 0.29) is 11.6 Å². The summed E-state index contributed by atoms with van der Waals surface area (Å²) < 4.78 is 6.39. The second-order valence-electron chi connectivity index (χ2n) is 3.62. The summed E-state index contributed by atoms with van der Waals surface area (Å²) in [5.74, 6) is 0.356. The van der Waals surface area contributed by atoms with Gasteiger partial charge in [-0.1, -0.05) is 0 Å². The average Bonchev–Trinajstić information content (AvgIpc) is 2.25. The maximum Gasteiger partial charge on any atom is 0.293 e. The molecule has 0 aliphatic carbocycles. The molecule has 1 aromatic rings. The molecule has 1 heterocycles. The van der Waals surface area contributed by atoms with E-state index in [1.54, 1.807) is 26.6 Å². The van der Waals surface area contributed by atoms with Crippen molar-refractivity contribution in [3.63, 3.8) is 0 Å². The summed E-state index contributed by atoms with van der Waals surface area (Å²) >= 11 is 0. The molecule has 0 aliphatic heterocycles. The van der Waals surface area contributed by atoms with Gasteiger partial charge in [0.25, 0.3) is 5.56 Å². The number of hydrogen-bond acceptors (Lipinski definition) is 5. The van der Waals surface area contributed by atoms with E-state index < -0.39 is 0 Å². The van der Waals surface area contributed by atoms with Crippen LogP contribution in [0.3, 0.4) is 0 Å². The van der Waals surface area contributed by atoms with Gasteiger partial charge >= 0.3 is 0 Å². The Kier molecular flexibility index (Phi) is 4.94. The van der Waals surface area contributed by atoms with Gasteiger partial charge in [0.05, 0.1) is 6.61 Å². The molecule has 1 aromatic heterocycles. The second kappa shape index (κ2) is 6.24. The minimum atomic E-state index is -0.136. The Morgan fingerprint density at radius 2 is 2.44 bits per heavy atom. The fraction of sp³-hybridized carbons (Fsp3) is 0.600. The van der Waals surface area contributed by atoms with Gasteiger partial charge in [0.15, 0.2) is 5.82 Å². The van der Waals surface area contributed by atoms with E-state index in [2.05, 4.69) is 10.3 Å². The lowest BCUT2D eigenvalue weighted by molar-refractivity contribution is 0.178. The molecule has 0 saturated carbocycles. The molecule has 0 bridgehead atoms.